The van der Waals surface area contributed by atoms with Gasteiger partial charge in [0, 0.05) is 10.9 Å². The largest absolute Gasteiger partial charge is 0.493 e. The number of ether oxygens (including phenoxy) is 2. The zero-order chi connectivity index (χ0) is 13.5. The van der Waals surface area contributed by atoms with Gasteiger partial charge in [0.25, 0.3) is 0 Å². The van der Waals surface area contributed by atoms with Gasteiger partial charge in [-0.05, 0) is 30.3 Å². The summed E-state index contributed by atoms with van der Waals surface area (Å²) in [5.41, 5.74) is 6.44. The standard InChI is InChI=1S/C15H16BrNO2/c16-12-5-3-6-13(11-12)18-9-4-10-19-15-8-2-1-7-14(15)17/h1-3,5-8,11H,4,9-10,17H2. The van der Waals surface area contributed by atoms with Crippen molar-refractivity contribution < 1.29 is 9.47 Å². The van der Waals surface area contributed by atoms with Crippen LogP contribution in [0.5, 0.6) is 11.5 Å². The zero-order valence-electron chi connectivity index (χ0n) is 10.5. The number of anilines is 1. The van der Waals surface area contributed by atoms with Crippen LogP contribution in [0, 0.1) is 0 Å². The lowest BCUT2D eigenvalue weighted by molar-refractivity contribution is 0.248. The second-order valence-electron chi connectivity index (χ2n) is 4.05. The normalized spacial score (nSPS) is 10.2. The van der Waals surface area contributed by atoms with E-state index in [4.69, 9.17) is 15.2 Å². The first-order valence-electron chi connectivity index (χ1n) is 6.11. The van der Waals surface area contributed by atoms with E-state index in [0.29, 0.717) is 18.9 Å². The van der Waals surface area contributed by atoms with Crippen molar-refractivity contribution in [2.24, 2.45) is 0 Å². The molecule has 0 unspecified atom stereocenters. The number of halogens is 1. The molecule has 0 spiro atoms. The van der Waals surface area contributed by atoms with Crippen LogP contribution in [0.1, 0.15) is 6.42 Å². The first kappa shape index (κ1) is 13.7. The van der Waals surface area contributed by atoms with Crippen molar-refractivity contribution >= 4 is 21.6 Å². The lowest BCUT2D eigenvalue weighted by Crippen LogP contribution is -2.06. The maximum Gasteiger partial charge on any atom is 0.142 e. The summed E-state index contributed by atoms with van der Waals surface area (Å²) in [7, 11) is 0. The van der Waals surface area contributed by atoms with Gasteiger partial charge >= 0.3 is 0 Å². The summed E-state index contributed by atoms with van der Waals surface area (Å²) in [6.45, 7) is 1.20. The zero-order valence-corrected chi connectivity index (χ0v) is 12.1. The molecule has 2 aromatic carbocycles. The fraction of sp³-hybridized carbons (Fsp3) is 0.200. The first-order valence-corrected chi connectivity index (χ1v) is 6.90. The van der Waals surface area contributed by atoms with E-state index in [-0.39, 0.29) is 0 Å². The molecule has 4 heteroatoms. The molecule has 0 amide bonds. The summed E-state index contributed by atoms with van der Waals surface area (Å²) >= 11 is 3.40. The van der Waals surface area contributed by atoms with Crippen molar-refractivity contribution in [3.8, 4) is 11.5 Å². The molecule has 0 radical (unpaired) electrons. The second-order valence-corrected chi connectivity index (χ2v) is 4.96. The Morgan fingerprint density at radius 2 is 1.74 bits per heavy atom. The Kier molecular flexibility index (Phi) is 5.10. The number of rotatable bonds is 6. The number of hydrogen-bond acceptors (Lipinski definition) is 3. The number of nitrogens with two attached hydrogens (primary N) is 1. The highest BCUT2D eigenvalue weighted by molar-refractivity contribution is 9.10. The van der Waals surface area contributed by atoms with Gasteiger partial charge in [-0.1, -0.05) is 34.1 Å². The number of para-hydroxylation sites is 2. The van der Waals surface area contributed by atoms with Gasteiger partial charge in [-0.3, -0.25) is 0 Å². The van der Waals surface area contributed by atoms with Gasteiger partial charge in [0.2, 0.25) is 0 Å². The van der Waals surface area contributed by atoms with Crippen LogP contribution in [0.2, 0.25) is 0 Å². The van der Waals surface area contributed by atoms with Crippen molar-refractivity contribution in [1.82, 2.24) is 0 Å². The van der Waals surface area contributed by atoms with Gasteiger partial charge in [-0.2, -0.15) is 0 Å². The van der Waals surface area contributed by atoms with Crippen LogP contribution in [-0.4, -0.2) is 13.2 Å². The maximum absolute atomic E-state index is 5.78. The molecule has 0 fully saturated rings. The Balaban J connectivity index is 1.69. The van der Waals surface area contributed by atoms with E-state index in [1.165, 1.54) is 0 Å². The van der Waals surface area contributed by atoms with E-state index < -0.39 is 0 Å². The number of hydrogen-bond donors (Lipinski definition) is 1. The van der Waals surface area contributed by atoms with Crippen LogP contribution < -0.4 is 15.2 Å². The van der Waals surface area contributed by atoms with Crippen LogP contribution in [0.3, 0.4) is 0 Å². The molecule has 3 nitrogen and oxygen atoms in total. The van der Waals surface area contributed by atoms with E-state index in [0.717, 1.165) is 22.4 Å². The molecule has 0 aromatic heterocycles. The third kappa shape index (κ3) is 4.48. The van der Waals surface area contributed by atoms with E-state index >= 15 is 0 Å². The Morgan fingerprint density at radius 1 is 0.947 bits per heavy atom. The summed E-state index contributed by atoms with van der Waals surface area (Å²) in [5, 5.41) is 0. The highest BCUT2D eigenvalue weighted by atomic mass is 79.9. The summed E-state index contributed by atoms with van der Waals surface area (Å²) in [4.78, 5) is 0. The minimum absolute atomic E-state index is 0.586. The first-order chi connectivity index (χ1) is 9.25. The molecule has 2 N–H and O–H groups in total. The van der Waals surface area contributed by atoms with E-state index in [2.05, 4.69) is 15.9 Å². The minimum Gasteiger partial charge on any atom is -0.493 e. The molecule has 0 saturated heterocycles. The summed E-state index contributed by atoms with van der Waals surface area (Å²) in [5.74, 6) is 1.58. The van der Waals surface area contributed by atoms with Gasteiger partial charge in [-0.15, -0.1) is 0 Å². The number of nitrogen functional groups attached to an aromatic ring is 1. The lowest BCUT2D eigenvalue weighted by Gasteiger charge is -2.09. The molecule has 0 bridgehead atoms. The van der Waals surface area contributed by atoms with Crippen molar-refractivity contribution in [3.05, 3.63) is 53.0 Å². The molecular weight excluding hydrogens is 306 g/mol. The van der Waals surface area contributed by atoms with E-state index in [9.17, 15) is 0 Å². The van der Waals surface area contributed by atoms with Gasteiger partial charge in [0.1, 0.15) is 11.5 Å². The Labute approximate surface area is 121 Å². The van der Waals surface area contributed by atoms with Crippen molar-refractivity contribution in [2.75, 3.05) is 18.9 Å². The van der Waals surface area contributed by atoms with Crippen molar-refractivity contribution in [1.29, 1.82) is 0 Å². The van der Waals surface area contributed by atoms with Crippen LogP contribution in [0.25, 0.3) is 0 Å². The van der Waals surface area contributed by atoms with Crippen molar-refractivity contribution in [2.45, 2.75) is 6.42 Å². The van der Waals surface area contributed by atoms with Gasteiger partial charge in [-0.25, -0.2) is 0 Å². The van der Waals surface area contributed by atoms with Crippen molar-refractivity contribution in [3.63, 3.8) is 0 Å². The molecule has 0 heterocycles. The van der Waals surface area contributed by atoms with Gasteiger partial charge < -0.3 is 15.2 Å². The fourth-order valence-corrected chi connectivity index (χ4v) is 1.98. The predicted molar refractivity (Wildman–Crippen MR) is 80.6 cm³/mol. The summed E-state index contributed by atoms with van der Waals surface area (Å²) < 4.78 is 12.2. The molecular formula is C15H16BrNO2. The third-order valence-corrected chi connectivity index (χ3v) is 3.02. The molecule has 19 heavy (non-hydrogen) atoms. The molecule has 0 aliphatic heterocycles. The predicted octanol–water partition coefficient (Wildman–Crippen LogP) is 3.88. The molecule has 2 aromatic rings. The van der Waals surface area contributed by atoms with E-state index in [1.807, 2.05) is 48.5 Å². The minimum atomic E-state index is 0.586. The van der Waals surface area contributed by atoms with Crippen LogP contribution >= 0.6 is 15.9 Å². The van der Waals surface area contributed by atoms with Crippen LogP contribution in [0.15, 0.2) is 53.0 Å². The van der Waals surface area contributed by atoms with Gasteiger partial charge in [0.15, 0.2) is 0 Å². The maximum atomic E-state index is 5.78. The average molecular weight is 322 g/mol. The number of benzene rings is 2. The van der Waals surface area contributed by atoms with Gasteiger partial charge in [0.05, 0.1) is 18.9 Å². The molecule has 0 aliphatic rings. The molecule has 100 valence electrons. The second kappa shape index (κ2) is 7.04. The molecule has 0 atom stereocenters. The fourth-order valence-electron chi connectivity index (χ4n) is 1.60. The highest BCUT2D eigenvalue weighted by Crippen LogP contribution is 2.20. The van der Waals surface area contributed by atoms with Crippen LogP contribution in [-0.2, 0) is 0 Å². The smallest absolute Gasteiger partial charge is 0.142 e. The SMILES string of the molecule is Nc1ccccc1OCCCOc1cccc(Br)c1. The van der Waals surface area contributed by atoms with Crippen LogP contribution in [0.4, 0.5) is 5.69 Å². The molecule has 0 saturated carbocycles. The Morgan fingerprint density at radius 3 is 2.53 bits per heavy atom. The monoisotopic (exact) mass is 321 g/mol. The third-order valence-electron chi connectivity index (χ3n) is 2.53. The molecule has 0 aliphatic carbocycles. The Bertz CT molecular complexity index is 531. The van der Waals surface area contributed by atoms with E-state index in [1.54, 1.807) is 0 Å². The topological polar surface area (TPSA) is 44.5 Å². The summed E-state index contributed by atoms with van der Waals surface area (Å²) in [6.07, 6.45) is 0.806. The quantitative estimate of drug-likeness (QED) is 0.648. The lowest BCUT2D eigenvalue weighted by atomic mass is 10.3. The summed E-state index contributed by atoms with van der Waals surface area (Å²) in [6, 6.07) is 15.3. The Hall–Kier alpha value is -1.68. The average Bonchev–Trinajstić information content (AvgIpc) is 2.40. The highest BCUT2D eigenvalue weighted by Gasteiger charge is 1.99. The molecule has 2 rings (SSSR count).